The van der Waals surface area contributed by atoms with Gasteiger partial charge in [0, 0.05) is 28.6 Å². The number of nitrogens with two attached hydrogens (primary N) is 1. The highest BCUT2D eigenvalue weighted by atomic mass is 35.5. The fourth-order valence-corrected chi connectivity index (χ4v) is 3.12. The van der Waals surface area contributed by atoms with Gasteiger partial charge in [-0.1, -0.05) is 17.7 Å². The summed E-state index contributed by atoms with van der Waals surface area (Å²) in [4.78, 5) is 14.0. The summed E-state index contributed by atoms with van der Waals surface area (Å²) in [6.45, 7) is 5.76. The smallest absolute Gasteiger partial charge is 0.223 e. The maximum Gasteiger partial charge on any atom is 0.223 e. The number of likely N-dealkylation sites (tertiary alicyclic amines) is 1. The standard InChI is InChI=1S/C15H20ClFN2O/c1-15(2,3)19-12(20)8-7-11(18)14(19)13-9(16)5-4-6-10(13)17/h4-6,11,14H,7-8,18H2,1-3H3. The van der Waals surface area contributed by atoms with Gasteiger partial charge in [-0.2, -0.15) is 0 Å². The normalized spacial score (nSPS) is 24.1. The lowest BCUT2D eigenvalue weighted by Gasteiger charge is -2.47. The second kappa shape index (κ2) is 5.34. The highest BCUT2D eigenvalue weighted by molar-refractivity contribution is 6.31. The van der Waals surface area contributed by atoms with E-state index in [9.17, 15) is 9.18 Å². The van der Waals surface area contributed by atoms with E-state index >= 15 is 0 Å². The van der Waals surface area contributed by atoms with Gasteiger partial charge in [0.05, 0.1) is 6.04 Å². The van der Waals surface area contributed by atoms with Crippen molar-refractivity contribution in [3.05, 3.63) is 34.6 Å². The SMILES string of the molecule is CC(C)(C)N1C(=O)CCC(N)C1c1c(F)cccc1Cl. The van der Waals surface area contributed by atoms with Gasteiger partial charge < -0.3 is 10.6 Å². The number of hydrogen-bond donors (Lipinski definition) is 1. The minimum Gasteiger partial charge on any atom is -0.329 e. The molecule has 20 heavy (non-hydrogen) atoms. The number of hydrogen-bond acceptors (Lipinski definition) is 2. The van der Waals surface area contributed by atoms with E-state index in [1.165, 1.54) is 6.07 Å². The lowest BCUT2D eigenvalue weighted by atomic mass is 9.86. The van der Waals surface area contributed by atoms with E-state index < -0.39 is 17.4 Å². The molecule has 1 heterocycles. The van der Waals surface area contributed by atoms with Crippen molar-refractivity contribution in [2.24, 2.45) is 5.73 Å². The molecule has 1 saturated heterocycles. The van der Waals surface area contributed by atoms with E-state index in [-0.39, 0.29) is 11.9 Å². The zero-order chi connectivity index (χ0) is 15.1. The van der Waals surface area contributed by atoms with Gasteiger partial charge in [0.1, 0.15) is 5.82 Å². The molecule has 0 spiro atoms. The third-order valence-corrected chi connectivity index (χ3v) is 3.99. The molecule has 0 radical (unpaired) electrons. The summed E-state index contributed by atoms with van der Waals surface area (Å²) in [7, 11) is 0. The van der Waals surface area contributed by atoms with Crippen LogP contribution in [0.25, 0.3) is 0 Å². The lowest BCUT2D eigenvalue weighted by molar-refractivity contribution is -0.144. The van der Waals surface area contributed by atoms with Crippen molar-refractivity contribution < 1.29 is 9.18 Å². The van der Waals surface area contributed by atoms with Crippen LogP contribution in [-0.4, -0.2) is 22.4 Å². The molecule has 5 heteroatoms. The molecule has 1 aliphatic rings. The van der Waals surface area contributed by atoms with Crippen molar-refractivity contribution in [2.75, 3.05) is 0 Å². The Kier molecular flexibility index (Phi) is 4.07. The number of amides is 1. The topological polar surface area (TPSA) is 46.3 Å². The molecule has 2 unspecified atom stereocenters. The second-order valence-corrected chi connectivity index (χ2v) is 6.62. The lowest BCUT2D eigenvalue weighted by Crippen LogP contribution is -2.56. The van der Waals surface area contributed by atoms with Gasteiger partial charge in [0.25, 0.3) is 0 Å². The van der Waals surface area contributed by atoms with Gasteiger partial charge >= 0.3 is 0 Å². The fourth-order valence-electron chi connectivity index (χ4n) is 2.84. The highest BCUT2D eigenvalue weighted by Gasteiger charge is 2.42. The largest absolute Gasteiger partial charge is 0.329 e. The van der Waals surface area contributed by atoms with Gasteiger partial charge in [0.15, 0.2) is 0 Å². The Morgan fingerprint density at radius 3 is 2.60 bits per heavy atom. The first kappa shape index (κ1) is 15.3. The van der Waals surface area contributed by atoms with E-state index in [2.05, 4.69) is 0 Å². The highest BCUT2D eigenvalue weighted by Crippen LogP contribution is 2.40. The quantitative estimate of drug-likeness (QED) is 0.865. The number of rotatable bonds is 1. The number of carbonyl (C=O) groups is 1. The Balaban J connectivity index is 2.57. The van der Waals surface area contributed by atoms with Crippen molar-refractivity contribution in [3.63, 3.8) is 0 Å². The Morgan fingerprint density at radius 2 is 2.05 bits per heavy atom. The van der Waals surface area contributed by atoms with Crippen molar-refractivity contribution in [1.29, 1.82) is 0 Å². The molecule has 2 atom stereocenters. The first-order chi connectivity index (χ1) is 9.23. The average Bonchev–Trinajstić information content (AvgIpc) is 2.31. The van der Waals surface area contributed by atoms with Crippen molar-refractivity contribution in [1.82, 2.24) is 4.90 Å². The molecule has 2 N–H and O–H groups in total. The van der Waals surface area contributed by atoms with E-state index in [1.54, 1.807) is 17.0 Å². The van der Waals surface area contributed by atoms with Gasteiger partial charge in [-0.15, -0.1) is 0 Å². The second-order valence-electron chi connectivity index (χ2n) is 6.22. The Morgan fingerprint density at radius 1 is 1.40 bits per heavy atom. The minimum atomic E-state index is -0.523. The number of carbonyl (C=O) groups excluding carboxylic acids is 1. The third-order valence-electron chi connectivity index (χ3n) is 3.66. The Hall–Kier alpha value is -1.13. The van der Waals surface area contributed by atoms with Crippen LogP contribution in [0.3, 0.4) is 0 Å². The summed E-state index contributed by atoms with van der Waals surface area (Å²) in [6.07, 6.45) is 0.932. The van der Waals surface area contributed by atoms with Crippen LogP contribution < -0.4 is 5.73 Å². The molecule has 1 aromatic carbocycles. The van der Waals surface area contributed by atoms with Crippen molar-refractivity contribution in [3.8, 4) is 0 Å². The molecule has 0 saturated carbocycles. The predicted octanol–water partition coefficient (Wildman–Crippen LogP) is 3.27. The molecule has 1 amide bonds. The molecule has 0 bridgehead atoms. The molecule has 3 nitrogen and oxygen atoms in total. The Bertz CT molecular complexity index is 507. The number of nitrogens with zero attached hydrogens (tertiary/aromatic N) is 1. The van der Waals surface area contributed by atoms with Crippen molar-refractivity contribution >= 4 is 17.5 Å². The van der Waals surface area contributed by atoms with E-state index in [0.29, 0.717) is 23.4 Å². The van der Waals surface area contributed by atoms with E-state index in [0.717, 1.165) is 0 Å². The van der Waals surface area contributed by atoms with E-state index in [1.807, 2.05) is 20.8 Å². The maximum absolute atomic E-state index is 14.2. The monoisotopic (exact) mass is 298 g/mol. The summed E-state index contributed by atoms with van der Waals surface area (Å²) >= 11 is 6.16. The van der Waals surface area contributed by atoms with Crippen LogP contribution in [-0.2, 0) is 4.79 Å². The fraction of sp³-hybridized carbons (Fsp3) is 0.533. The van der Waals surface area contributed by atoms with Crippen LogP contribution in [0.2, 0.25) is 5.02 Å². The molecular formula is C15H20ClFN2O. The van der Waals surface area contributed by atoms with Crippen LogP contribution in [0.4, 0.5) is 4.39 Å². The zero-order valence-corrected chi connectivity index (χ0v) is 12.7. The zero-order valence-electron chi connectivity index (χ0n) is 12.0. The summed E-state index contributed by atoms with van der Waals surface area (Å²) < 4.78 is 14.2. The van der Waals surface area contributed by atoms with Gasteiger partial charge in [-0.3, -0.25) is 4.79 Å². The van der Waals surface area contributed by atoms with Crippen LogP contribution in [0, 0.1) is 5.82 Å². The summed E-state index contributed by atoms with van der Waals surface area (Å²) in [5.74, 6) is -0.426. The number of halogens is 2. The number of piperidine rings is 1. The van der Waals surface area contributed by atoms with Gasteiger partial charge in [-0.05, 0) is 39.3 Å². The van der Waals surface area contributed by atoms with Crippen LogP contribution in [0.15, 0.2) is 18.2 Å². The maximum atomic E-state index is 14.2. The first-order valence-electron chi connectivity index (χ1n) is 6.75. The van der Waals surface area contributed by atoms with Crippen LogP contribution >= 0.6 is 11.6 Å². The molecule has 0 aromatic heterocycles. The van der Waals surface area contributed by atoms with Crippen molar-refractivity contribution in [2.45, 2.75) is 51.2 Å². The molecule has 1 fully saturated rings. The number of benzene rings is 1. The van der Waals surface area contributed by atoms with Crippen LogP contribution in [0.5, 0.6) is 0 Å². The predicted molar refractivity (Wildman–Crippen MR) is 78.0 cm³/mol. The summed E-state index contributed by atoms with van der Waals surface area (Å²) in [5, 5.41) is 0.314. The van der Waals surface area contributed by atoms with Gasteiger partial charge in [-0.25, -0.2) is 4.39 Å². The molecule has 1 aromatic rings. The first-order valence-corrected chi connectivity index (χ1v) is 7.13. The third kappa shape index (κ3) is 2.67. The van der Waals surface area contributed by atoms with E-state index in [4.69, 9.17) is 17.3 Å². The molecule has 2 rings (SSSR count). The Labute approximate surface area is 123 Å². The molecule has 0 aliphatic carbocycles. The molecular weight excluding hydrogens is 279 g/mol. The summed E-state index contributed by atoms with van der Waals surface area (Å²) in [6, 6.07) is 3.70. The average molecular weight is 299 g/mol. The summed E-state index contributed by atoms with van der Waals surface area (Å²) in [5.41, 5.74) is 6.06. The minimum absolute atomic E-state index is 0.0106. The van der Waals surface area contributed by atoms with Crippen LogP contribution in [0.1, 0.15) is 45.2 Å². The van der Waals surface area contributed by atoms with Gasteiger partial charge in [0.2, 0.25) is 5.91 Å². The molecule has 110 valence electrons. The molecule has 1 aliphatic heterocycles.